The van der Waals surface area contributed by atoms with Crippen molar-refractivity contribution < 1.29 is 9.59 Å². The number of hydrogen-bond donors (Lipinski definition) is 1. The van der Waals surface area contributed by atoms with Crippen molar-refractivity contribution in [3.63, 3.8) is 0 Å². The number of nitrogens with one attached hydrogen (secondary N) is 1. The Morgan fingerprint density at radius 3 is 2.58 bits per heavy atom. The van der Waals surface area contributed by atoms with Crippen LogP contribution >= 0.6 is 0 Å². The fourth-order valence-corrected chi connectivity index (χ4v) is 3.49. The molecule has 2 amide bonds. The highest BCUT2D eigenvalue weighted by molar-refractivity contribution is 5.98. The zero-order valence-electron chi connectivity index (χ0n) is 15.5. The molecule has 1 aliphatic carbocycles. The first-order valence-electron chi connectivity index (χ1n) is 9.03. The van der Waals surface area contributed by atoms with Crippen molar-refractivity contribution in [1.82, 2.24) is 20.0 Å². The Bertz CT molecular complexity index is 592. The summed E-state index contributed by atoms with van der Waals surface area (Å²) in [5.41, 5.74) is 0.771. The minimum Gasteiger partial charge on any atom is -0.348 e. The Labute approximate surface area is 144 Å². The average Bonchev–Trinajstić information content (AvgIpc) is 2.95. The van der Waals surface area contributed by atoms with Crippen LogP contribution in [0, 0.1) is 11.8 Å². The zero-order chi connectivity index (χ0) is 17.9. The lowest BCUT2D eigenvalue weighted by atomic mass is 9.78. The Morgan fingerprint density at radius 2 is 1.96 bits per heavy atom. The van der Waals surface area contributed by atoms with E-state index in [-0.39, 0.29) is 17.9 Å². The molecule has 1 N–H and O–H groups in total. The van der Waals surface area contributed by atoms with Crippen molar-refractivity contribution in [2.24, 2.45) is 18.9 Å². The van der Waals surface area contributed by atoms with Crippen molar-refractivity contribution in [1.29, 1.82) is 0 Å². The predicted octanol–water partition coefficient (Wildman–Crippen LogP) is 2.46. The molecule has 1 fully saturated rings. The van der Waals surface area contributed by atoms with Gasteiger partial charge in [-0.3, -0.25) is 14.3 Å². The molecule has 24 heavy (non-hydrogen) atoms. The summed E-state index contributed by atoms with van der Waals surface area (Å²) < 4.78 is 1.50. The molecule has 1 aromatic heterocycles. The van der Waals surface area contributed by atoms with E-state index in [4.69, 9.17) is 0 Å². The number of carbonyl (C=O) groups is 2. The van der Waals surface area contributed by atoms with E-state index in [0.29, 0.717) is 36.3 Å². The van der Waals surface area contributed by atoms with Gasteiger partial charge in [0.2, 0.25) is 0 Å². The normalized spacial score (nSPS) is 23.8. The van der Waals surface area contributed by atoms with Gasteiger partial charge in [0.25, 0.3) is 11.8 Å². The van der Waals surface area contributed by atoms with E-state index in [1.54, 1.807) is 18.0 Å². The summed E-state index contributed by atoms with van der Waals surface area (Å²) >= 11 is 0. The quantitative estimate of drug-likeness (QED) is 0.899. The highest BCUT2D eigenvalue weighted by atomic mass is 16.2. The molecule has 1 heterocycles. The topological polar surface area (TPSA) is 67.2 Å². The molecule has 6 heteroatoms. The van der Waals surface area contributed by atoms with Crippen LogP contribution in [0.5, 0.6) is 0 Å². The minimum absolute atomic E-state index is 0.130. The smallest absolute Gasteiger partial charge is 0.274 e. The third kappa shape index (κ3) is 3.79. The van der Waals surface area contributed by atoms with E-state index in [1.165, 1.54) is 11.1 Å². The van der Waals surface area contributed by atoms with Crippen LogP contribution in [0.15, 0.2) is 6.07 Å². The fourth-order valence-electron chi connectivity index (χ4n) is 3.49. The van der Waals surface area contributed by atoms with Gasteiger partial charge in [0.05, 0.1) is 0 Å². The van der Waals surface area contributed by atoms with E-state index >= 15 is 0 Å². The van der Waals surface area contributed by atoms with Crippen LogP contribution < -0.4 is 5.32 Å². The van der Waals surface area contributed by atoms with Crippen LogP contribution in [0.25, 0.3) is 0 Å². The van der Waals surface area contributed by atoms with Crippen LogP contribution in [-0.4, -0.2) is 45.6 Å². The number of nitrogens with zero attached hydrogens (tertiary/aromatic N) is 3. The highest BCUT2D eigenvalue weighted by Crippen LogP contribution is 2.29. The molecule has 0 aromatic carbocycles. The standard InChI is InChI=1S/C18H30N4O2/c1-6-22(7-2)18(24)15-11-16(21(5)20-15)17(23)19-14-10-8-9-12(3)13(14)4/h11-14H,6-10H2,1-5H3,(H,19,23)/t12-,13+,14-/m1/s1. The fraction of sp³-hybridized carbons (Fsp3) is 0.722. The first-order valence-corrected chi connectivity index (χ1v) is 9.03. The van der Waals surface area contributed by atoms with E-state index in [1.807, 2.05) is 13.8 Å². The first kappa shape index (κ1) is 18.5. The van der Waals surface area contributed by atoms with E-state index < -0.39 is 0 Å². The average molecular weight is 334 g/mol. The molecule has 2 rings (SSSR count). The van der Waals surface area contributed by atoms with Gasteiger partial charge in [0.15, 0.2) is 5.69 Å². The van der Waals surface area contributed by atoms with Gasteiger partial charge in [-0.15, -0.1) is 0 Å². The number of hydrogen-bond acceptors (Lipinski definition) is 3. The van der Waals surface area contributed by atoms with Crippen LogP contribution in [0.1, 0.15) is 67.9 Å². The second kappa shape index (κ2) is 7.81. The second-order valence-corrected chi connectivity index (χ2v) is 6.86. The molecule has 0 unspecified atom stereocenters. The summed E-state index contributed by atoms with van der Waals surface area (Å²) in [5.74, 6) is 0.812. The van der Waals surface area contributed by atoms with Gasteiger partial charge < -0.3 is 10.2 Å². The zero-order valence-corrected chi connectivity index (χ0v) is 15.5. The molecule has 1 saturated carbocycles. The summed E-state index contributed by atoms with van der Waals surface area (Å²) in [7, 11) is 1.71. The lowest BCUT2D eigenvalue weighted by Crippen LogP contribution is -2.44. The molecule has 3 atom stereocenters. The van der Waals surface area contributed by atoms with Crippen LogP contribution in [0.4, 0.5) is 0 Å². The van der Waals surface area contributed by atoms with Gasteiger partial charge >= 0.3 is 0 Å². The van der Waals surface area contributed by atoms with Gasteiger partial charge in [-0.25, -0.2) is 0 Å². The van der Waals surface area contributed by atoms with Gasteiger partial charge in [-0.2, -0.15) is 5.10 Å². The Kier molecular flexibility index (Phi) is 6.02. The molecule has 0 aliphatic heterocycles. The molecule has 1 aromatic rings. The van der Waals surface area contributed by atoms with Crippen molar-refractivity contribution in [3.05, 3.63) is 17.5 Å². The van der Waals surface area contributed by atoms with Crippen LogP contribution in [0.2, 0.25) is 0 Å². The summed E-state index contributed by atoms with van der Waals surface area (Å²) in [5, 5.41) is 7.38. The van der Waals surface area contributed by atoms with E-state index in [0.717, 1.165) is 12.8 Å². The monoisotopic (exact) mass is 334 g/mol. The Morgan fingerprint density at radius 1 is 1.29 bits per heavy atom. The largest absolute Gasteiger partial charge is 0.348 e. The number of carbonyl (C=O) groups excluding carboxylic acids is 2. The Balaban J connectivity index is 2.11. The molecule has 0 radical (unpaired) electrons. The SMILES string of the molecule is CCN(CC)C(=O)c1cc(C(=O)N[C@@H]2CCC[C@@H](C)[C@@H]2C)n(C)n1. The summed E-state index contributed by atoms with van der Waals surface area (Å²) in [6.07, 6.45) is 3.38. The minimum atomic E-state index is -0.144. The Hall–Kier alpha value is -1.85. The lowest BCUT2D eigenvalue weighted by Gasteiger charge is -2.34. The summed E-state index contributed by atoms with van der Waals surface area (Å²) in [4.78, 5) is 26.7. The molecule has 6 nitrogen and oxygen atoms in total. The van der Waals surface area contributed by atoms with Crippen molar-refractivity contribution in [2.75, 3.05) is 13.1 Å². The molecule has 1 aliphatic rings. The highest BCUT2D eigenvalue weighted by Gasteiger charge is 2.29. The summed E-state index contributed by atoms with van der Waals surface area (Å²) in [6, 6.07) is 1.80. The molecule has 0 saturated heterocycles. The van der Waals surface area contributed by atoms with Crippen molar-refractivity contribution in [3.8, 4) is 0 Å². The van der Waals surface area contributed by atoms with E-state index in [2.05, 4.69) is 24.3 Å². The molecular formula is C18H30N4O2. The van der Waals surface area contributed by atoms with Gasteiger partial charge in [0, 0.05) is 32.2 Å². The molecular weight excluding hydrogens is 304 g/mol. The first-order chi connectivity index (χ1) is 11.4. The second-order valence-electron chi connectivity index (χ2n) is 6.86. The van der Waals surface area contributed by atoms with Gasteiger partial charge in [-0.1, -0.05) is 26.7 Å². The molecule has 0 spiro atoms. The van der Waals surface area contributed by atoms with Crippen molar-refractivity contribution >= 4 is 11.8 Å². The van der Waals surface area contributed by atoms with Gasteiger partial charge in [-0.05, 0) is 32.1 Å². The number of rotatable bonds is 5. The van der Waals surface area contributed by atoms with Crippen LogP contribution in [-0.2, 0) is 7.05 Å². The summed E-state index contributed by atoms with van der Waals surface area (Å²) in [6.45, 7) is 9.57. The third-order valence-electron chi connectivity index (χ3n) is 5.41. The van der Waals surface area contributed by atoms with E-state index in [9.17, 15) is 9.59 Å². The maximum atomic E-state index is 12.6. The lowest BCUT2D eigenvalue weighted by molar-refractivity contribution is 0.0766. The third-order valence-corrected chi connectivity index (χ3v) is 5.41. The maximum Gasteiger partial charge on any atom is 0.274 e. The van der Waals surface area contributed by atoms with Gasteiger partial charge in [0.1, 0.15) is 5.69 Å². The number of aromatic nitrogens is 2. The van der Waals surface area contributed by atoms with Crippen molar-refractivity contribution in [2.45, 2.75) is 53.0 Å². The molecule has 134 valence electrons. The number of amides is 2. The molecule has 0 bridgehead atoms. The maximum absolute atomic E-state index is 12.6. The van der Waals surface area contributed by atoms with Crippen LogP contribution in [0.3, 0.4) is 0 Å². The number of aryl methyl sites for hydroxylation is 1. The predicted molar refractivity (Wildman–Crippen MR) is 93.9 cm³/mol.